The molecule has 0 aliphatic rings. The number of ether oxygens (including phenoxy) is 1. The Kier molecular flexibility index (Phi) is 7.07. The Labute approximate surface area is 182 Å². The Hall–Kier alpha value is -3.49. The van der Waals surface area contributed by atoms with Crippen LogP contribution in [0.5, 0.6) is 11.5 Å². The zero-order chi connectivity index (χ0) is 23.4. The van der Waals surface area contributed by atoms with Gasteiger partial charge in [-0.15, -0.1) is 0 Å². The summed E-state index contributed by atoms with van der Waals surface area (Å²) in [7, 11) is 0. The molecule has 0 atom stereocenters. The van der Waals surface area contributed by atoms with E-state index in [9.17, 15) is 27.9 Å². The number of alkyl halides is 2. The topological polar surface area (TPSA) is 80.6 Å². The van der Waals surface area contributed by atoms with Crippen LogP contribution in [0.4, 0.5) is 13.2 Å². The Morgan fingerprint density at radius 3 is 2.50 bits per heavy atom. The largest absolute Gasteiger partial charge is 0.505 e. The number of phenolic OH excluding ortho intramolecular Hbond substituents is 1. The number of amides is 1. The van der Waals surface area contributed by atoms with Crippen LogP contribution >= 0.6 is 0 Å². The van der Waals surface area contributed by atoms with Crippen molar-refractivity contribution in [1.29, 1.82) is 0 Å². The van der Waals surface area contributed by atoms with Gasteiger partial charge in [0.1, 0.15) is 5.75 Å². The zero-order valence-electron chi connectivity index (χ0n) is 17.6. The van der Waals surface area contributed by atoms with Gasteiger partial charge in [-0.3, -0.25) is 14.2 Å². The molecule has 0 saturated heterocycles. The molecule has 3 aromatic rings. The Bertz CT molecular complexity index is 1140. The van der Waals surface area contributed by atoms with Crippen LogP contribution in [-0.4, -0.2) is 34.6 Å². The third-order valence-electron chi connectivity index (χ3n) is 5.12. The number of carbonyl (C=O) groups excluding carboxylic acids is 2. The molecular weight excluding hydrogens is 425 g/mol. The van der Waals surface area contributed by atoms with E-state index in [1.807, 2.05) is 6.92 Å². The van der Waals surface area contributed by atoms with E-state index in [0.717, 1.165) is 18.9 Å². The minimum absolute atomic E-state index is 0.0570. The van der Waals surface area contributed by atoms with E-state index < -0.39 is 24.1 Å². The predicted molar refractivity (Wildman–Crippen MR) is 113 cm³/mol. The van der Waals surface area contributed by atoms with Crippen molar-refractivity contribution in [2.75, 3.05) is 6.54 Å². The standard InChI is InChI=1S/C23H23F3N2O4/c1-3-4-9-27-21(30)11-16-13(2)28(19-12-18(24)20(29)10-17(16)19)22(31)14-5-7-15(8-6-14)32-23(25)26/h5-8,10,12,23,29H,3-4,9,11H2,1-2H3,(H,27,30). The van der Waals surface area contributed by atoms with Crippen LogP contribution in [0.3, 0.4) is 0 Å². The molecule has 0 saturated carbocycles. The highest BCUT2D eigenvalue weighted by Crippen LogP contribution is 2.32. The van der Waals surface area contributed by atoms with Gasteiger partial charge in [-0.25, -0.2) is 4.39 Å². The van der Waals surface area contributed by atoms with E-state index in [4.69, 9.17) is 0 Å². The second-order valence-electron chi connectivity index (χ2n) is 7.31. The van der Waals surface area contributed by atoms with Crippen LogP contribution in [-0.2, 0) is 11.2 Å². The van der Waals surface area contributed by atoms with E-state index >= 15 is 0 Å². The highest BCUT2D eigenvalue weighted by atomic mass is 19.3. The van der Waals surface area contributed by atoms with Crippen LogP contribution < -0.4 is 10.1 Å². The number of phenols is 1. The van der Waals surface area contributed by atoms with Crippen molar-refractivity contribution in [3.8, 4) is 11.5 Å². The second kappa shape index (κ2) is 9.76. The van der Waals surface area contributed by atoms with Gasteiger partial charge in [-0.1, -0.05) is 13.3 Å². The minimum atomic E-state index is -2.99. The first-order valence-electron chi connectivity index (χ1n) is 10.1. The molecule has 6 nitrogen and oxygen atoms in total. The van der Waals surface area contributed by atoms with Gasteiger partial charge in [0.15, 0.2) is 11.6 Å². The molecule has 1 aromatic heterocycles. The van der Waals surface area contributed by atoms with Crippen molar-refractivity contribution in [3.05, 3.63) is 59.0 Å². The molecule has 0 spiro atoms. The summed E-state index contributed by atoms with van der Waals surface area (Å²) in [5.41, 5.74) is 1.23. The number of fused-ring (bicyclic) bond motifs is 1. The van der Waals surface area contributed by atoms with E-state index in [-0.39, 0.29) is 29.2 Å². The maximum atomic E-state index is 14.1. The number of hydrogen-bond donors (Lipinski definition) is 2. The fourth-order valence-corrected chi connectivity index (χ4v) is 3.51. The molecule has 32 heavy (non-hydrogen) atoms. The zero-order valence-corrected chi connectivity index (χ0v) is 17.6. The number of benzene rings is 2. The van der Waals surface area contributed by atoms with Crippen molar-refractivity contribution >= 4 is 22.7 Å². The number of aromatic nitrogens is 1. The second-order valence-corrected chi connectivity index (χ2v) is 7.31. The van der Waals surface area contributed by atoms with Gasteiger partial charge in [0, 0.05) is 29.3 Å². The Balaban J connectivity index is 2.02. The Morgan fingerprint density at radius 1 is 1.19 bits per heavy atom. The van der Waals surface area contributed by atoms with E-state index in [2.05, 4.69) is 10.1 Å². The van der Waals surface area contributed by atoms with Crippen LogP contribution in [0.15, 0.2) is 36.4 Å². The molecule has 3 rings (SSSR count). The summed E-state index contributed by atoms with van der Waals surface area (Å²) in [6, 6.07) is 7.32. The van der Waals surface area contributed by atoms with Crippen LogP contribution in [0.1, 0.15) is 41.4 Å². The summed E-state index contributed by atoms with van der Waals surface area (Å²) in [6.45, 7) is 1.14. The van der Waals surface area contributed by atoms with E-state index in [1.54, 1.807) is 6.92 Å². The molecular formula is C23H23F3N2O4. The van der Waals surface area contributed by atoms with Crippen LogP contribution in [0, 0.1) is 12.7 Å². The maximum absolute atomic E-state index is 14.1. The van der Waals surface area contributed by atoms with Crippen molar-refractivity contribution in [2.45, 2.75) is 39.7 Å². The lowest BCUT2D eigenvalue weighted by Gasteiger charge is -2.09. The smallest absolute Gasteiger partial charge is 0.387 e. The van der Waals surface area contributed by atoms with E-state index in [1.165, 1.54) is 34.9 Å². The molecule has 1 amide bonds. The molecule has 0 aliphatic carbocycles. The average Bonchev–Trinajstić information content (AvgIpc) is 2.99. The first-order valence-corrected chi connectivity index (χ1v) is 10.1. The lowest BCUT2D eigenvalue weighted by Crippen LogP contribution is -2.26. The van der Waals surface area contributed by atoms with Crippen molar-refractivity contribution in [3.63, 3.8) is 0 Å². The number of nitrogens with one attached hydrogen (secondary N) is 1. The number of hydrogen-bond acceptors (Lipinski definition) is 4. The first kappa shape index (κ1) is 23.2. The van der Waals surface area contributed by atoms with Crippen LogP contribution in [0.25, 0.3) is 10.9 Å². The third kappa shape index (κ3) is 4.87. The molecule has 9 heteroatoms. The first-order chi connectivity index (χ1) is 15.2. The van der Waals surface area contributed by atoms with Crippen molar-refractivity contribution in [2.24, 2.45) is 0 Å². The maximum Gasteiger partial charge on any atom is 0.387 e. The lowest BCUT2D eigenvalue weighted by molar-refractivity contribution is -0.120. The van der Waals surface area contributed by atoms with Gasteiger partial charge < -0.3 is 15.2 Å². The normalized spacial score (nSPS) is 11.2. The van der Waals surface area contributed by atoms with Gasteiger partial charge in [0.05, 0.1) is 11.9 Å². The molecule has 1 heterocycles. The van der Waals surface area contributed by atoms with E-state index in [0.29, 0.717) is 23.2 Å². The molecule has 2 aromatic carbocycles. The summed E-state index contributed by atoms with van der Waals surface area (Å²) in [5, 5.41) is 13.0. The molecule has 0 aliphatic heterocycles. The van der Waals surface area contributed by atoms with Gasteiger partial charge >= 0.3 is 6.61 Å². The fraction of sp³-hybridized carbons (Fsp3) is 0.304. The summed E-state index contributed by atoms with van der Waals surface area (Å²) >= 11 is 0. The van der Waals surface area contributed by atoms with Gasteiger partial charge in [-0.2, -0.15) is 8.78 Å². The predicted octanol–water partition coefficient (Wildman–Crippen LogP) is 4.54. The monoisotopic (exact) mass is 448 g/mol. The SMILES string of the molecule is CCCCNC(=O)Cc1c(C)n(C(=O)c2ccc(OC(F)F)cc2)c2cc(F)c(O)cc12. The number of nitrogens with zero attached hydrogens (tertiary/aromatic N) is 1. The number of halogens is 3. The molecule has 0 radical (unpaired) electrons. The molecule has 0 bridgehead atoms. The highest BCUT2D eigenvalue weighted by molar-refractivity contribution is 6.05. The fourth-order valence-electron chi connectivity index (χ4n) is 3.51. The number of aromatic hydroxyl groups is 1. The lowest BCUT2D eigenvalue weighted by atomic mass is 10.1. The van der Waals surface area contributed by atoms with Crippen LogP contribution in [0.2, 0.25) is 0 Å². The quantitative estimate of drug-likeness (QED) is 0.496. The van der Waals surface area contributed by atoms with Gasteiger partial charge in [0.2, 0.25) is 5.91 Å². The average molecular weight is 448 g/mol. The molecule has 0 unspecified atom stereocenters. The molecule has 2 N–H and O–H groups in total. The summed E-state index contributed by atoms with van der Waals surface area (Å²) in [5.74, 6) is -2.41. The molecule has 0 fully saturated rings. The number of rotatable bonds is 8. The Morgan fingerprint density at radius 2 is 1.88 bits per heavy atom. The highest BCUT2D eigenvalue weighted by Gasteiger charge is 2.23. The third-order valence-corrected chi connectivity index (χ3v) is 5.12. The van der Waals surface area contributed by atoms with Crippen molar-refractivity contribution < 1.29 is 32.6 Å². The van der Waals surface area contributed by atoms with Gasteiger partial charge in [0.25, 0.3) is 5.91 Å². The summed E-state index contributed by atoms with van der Waals surface area (Å²) in [6.07, 6.45) is 1.68. The minimum Gasteiger partial charge on any atom is -0.505 e. The summed E-state index contributed by atoms with van der Waals surface area (Å²) < 4.78 is 44.4. The number of carbonyl (C=O) groups is 2. The molecule has 170 valence electrons. The van der Waals surface area contributed by atoms with Gasteiger partial charge in [-0.05, 0) is 49.2 Å². The summed E-state index contributed by atoms with van der Waals surface area (Å²) in [4.78, 5) is 25.6. The number of unbranched alkanes of at least 4 members (excludes halogenated alkanes) is 1. The van der Waals surface area contributed by atoms with Crippen molar-refractivity contribution in [1.82, 2.24) is 9.88 Å².